The van der Waals surface area contributed by atoms with E-state index < -0.39 is 5.82 Å². The predicted octanol–water partition coefficient (Wildman–Crippen LogP) is 4.70. The summed E-state index contributed by atoms with van der Waals surface area (Å²) in [6, 6.07) is 20.6. The molecule has 0 aromatic heterocycles. The Balaban J connectivity index is 1.39. The van der Waals surface area contributed by atoms with Crippen molar-refractivity contribution in [3.63, 3.8) is 0 Å². The van der Waals surface area contributed by atoms with E-state index >= 15 is 0 Å². The summed E-state index contributed by atoms with van der Waals surface area (Å²) >= 11 is 0. The highest BCUT2D eigenvalue weighted by molar-refractivity contribution is 5.94. The summed E-state index contributed by atoms with van der Waals surface area (Å²) in [7, 11) is 0. The molecule has 3 atom stereocenters. The average molecular weight is 463 g/mol. The van der Waals surface area contributed by atoms with Crippen LogP contribution in [-0.4, -0.2) is 59.1 Å². The molecule has 5 rings (SSSR count). The molecule has 176 valence electrons. The van der Waals surface area contributed by atoms with Gasteiger partial charge < -0.3 is 10.0 Å². The normalized spacial score (nSPS) is 22.9. The third-order valence-corrected chi connectivity index (χ3v) is 7.20. The molecule has 2 aliphatic rings. The maximum absolute atomic E-state index is 13.7. The number of carbonyl (C=O) groups is 1. The molecule has 0 aliphatic carbocycles. The van der Waals surface area contributed by atoms with Gasteiger partial charge in [-0.05, 0) is 66.4 Å². The molecular formula is C28H28F2N2O2. The van der Waals surface area contributed by atoms with Crippen LogP contribution in [-0.2, 0) is 0 Å². The van der Waals surface area contributed by atoms with Crippen LogP contribution in [0.25, 0.3) is 11.1 Å². The van der Waals surface area contributed by atoms with Gasteiger partial charge in [0, 0.05) is 36.7 Å². The molecule has 1 N–H and O–H groups in total. The Kier molecular flexibility index (Phi) is 6.44. The number of aliphatic hydroxyl groups excluding tert-OH is 1. The van der Waals surface area contributed by atoms with Crippen LogP contribution < -0.4 is 0 Å². The number of aliphatic hydroxyl groups is 1. The third-order valence-electron chi connectivity index (χ3n) is 7.20. The molecule has 3 aromatic carbocycles. The molecule has 6 heteroatoms. The summed E-state index contributed by atoms with van der Waals surface area (Å²) in [5, 5.41) is 10.2. The lowest BCUT2D eigenvalue weighted by Gasteiger charge is -2.57. The van der Waals surface area contributed by atoms with Crippen LogP contribution in [0.3, 0.4) is 0 Å². The van der Waals surface area contributed by atoms with Crippen LogP contribution in [0.15, 0.2) is 72.8 Å². The van der Waals surface area contributed by atoms with Crippen molar-refractivity contribution in [2.45, 2.75) is 30.8 Å². The van der Waals surface area contributed by atoms with Gasteiger partial charge in [0.1, 0.15) is 11.6 Å². The molecule has 2 heterocycles. The van der Waals surface area contributed by atoms with Gasteiger partial charge >= 0.3 is 0 Å². The number of halogens is 2. The smallest absolute Gasteiger partial charge is 0.254 e. The Hall–Kier alpha value is -3.09. The maximum atomic E-state index is 13.7. The molecule has 2 aliphatic heterocycles. The van der Waals surface area contributed by atoms with Crippen LogP contribution in [0.1, 0.15) is 34.7 Å². The molecule has 3 aromatic rings. The predicted molar refractivity (Wildman–Crippen MR) is 127 cm³/mol. The third kappa shape index (κ3) is 4.36. The zero-order chi connectivity index (χ0) is 23.7. The van der Waals surface area contributed by atoms with Gasteiger partial charge in [0.2, 0.25) is 0 Å². The summed E-state index contributed by atoms with van der Waals surface area (Å²) in [4.78, 5) is 17.3. The molecule has 4 nitrogen and oxygen atoms in total. The van der Waals surface area contributed by atoms with Crippen molar-refractivity contribution in [3.8, 4) is 11.1 Å². The first-order valence-electron chi connectivity index (χ1n) is 11.8. The van der Waals surface area contributed by atoms with E-state index in [0.717, 1.165) is 36.1 Å². The Morgan fingerprint density at radius 1 is 0.882 bits per heavy atom. The lowest BCUT2D eigenvalue weighted by molar-refractivity contribution is -0.0606. The first kappa shape index (κ1) is 22.7. The highest BCUT2D eigenvalue weighted by Gasteiger charge is 2.49. The number of rotatable bonds is 4. The van der Waals surface area contributed by atoms with Crippen molar-refractivity contribution in [2.24, 2.45) is 0 Å². The fraction of sp³-hybridized carbons (Fsp3) is 0.321. The van der Waals surface area contributed by atoms with Crippen molar-refractivity contribution in [1.29, 1.82) is 0 Å². The summed E-state index contributed by atoms with van der Waals surface area (Å²) in [6.07, 6.45) is 1.82. The molecule has 2 saturated heterocycles. The largest absolute Gasteiger partial charge is 0.395 e. The van der Waals surface area contributed by atoms with Crippen LogP contribution in [0.2, 0.25) is 0 Å². The van der Waals surface area contributed by atoms with Crippen LogP contribution in [0.4, 0.5) is 8.78 Å². The van der Waals surface area contributed by atoms with E-state index in [2.05, 4.69) is 17.0 Å². The minimum atomic E-state index is -0.414. The fourth-order valence-corrected chi connectivity index (χ4v) is 5.47. The first-order valence-corrected chi connectivity index (χ1v) is 11.8. The van der Waals surface area contributed by atoms with Crippen molar-refractivity contribution in [3.05, 3.63) is 95.6 Å². The first-order chi connectivity index (χ1) is 16.5. The second-order valence-electron chi connectivity index (χ2n) is 9.18. The molecule has 2 fully saturated rings. The van der Waals surface area contributed by atoms with Crippen molar-refractivity contribution < 1.29 is 18.7 Å². The fourth-order valence-electron chi connectivity index (χ4n) is 5.47. The highest BCUT2D eigenvalue weighted by atomic mass is 19.1. The number of carbonyl (C=O) groups excluding carboxylic acids is 1. The summed E-state index contributed by atoms with van der Waals surface area (Å²) in [6.45, 7) is 2.12. The maximum Gasteiger partial charge on any atom is 0.254 e. The van der Waals surface area contributed by atoms with Gasteiger partial charge in [-0.2, -0.15) is 0 Å². The second-order valence-corrected chi connectivity index (χ2v) is 9.18. The number of hydrogen-bond donors (Lipinski definition) is 1. The number of hydrogen-bond acceptors (Lipinski definition) is 3. The number of nitrogens with zero attached hydrogens (tertiary/aromatic N) is 2. The van der Waals surface area contributed by atoms with Crippen LogP contribution in [0, 0.1) is 11.6 Å². The van der Waals surface area contributed by atoms with Gasteiger partial charge in [-0.1, -0.05) is 42.5 Å². The van der Waals surface area contributed by atoms with E-state index in [1.165, 1.54) is 24.3 Å². The van der Waals surface area contributed by atoms with Gasteiger partial charge in [-0.15, -0.1) is 0 Å². The van der Waals surface area contributed by atoms with Gasteiger partial charge in [0.25, 0.3) is 5.91 Å². The molecular weight excluding hydrogens is 434 g/mol. The Morgan fingerprint density at radius 2 is 1.56 bits per heavy atom. The monoisotopic (exact) mass is 462 g/mol. The van der Waals surface area contributed by atoms with Gasteiger partial charge in [-0.3, -0.25) is 9.69 Å². The highest BCUT2D eigenvalue weighted by Crippen LogP contribution is 2.42. The minimum Gasteiger partial charge on any atom is -0.395 e. The molecule has 0 bridgehead atoms. The lowest BCUT2D eigenvalue weighted by Crippen LogP contribution is -2.67. The van der Waals surface area contributed by atoms with E-state index in [1.54, 1.807) is 24.3 Å². The van der Waals surface area contributed by atoms with E-state index in [1.807, 2.05) is 17.0 Å². The zero-order valence-corrected chi connectivity index (χ0v) is 18.9. The van der Waals surface area contributed by atoms with Crippen molar-refractivity contribution in [2.75, 3.05) is 26.2 Å². The number of amides is 1. The topological polar surface area (TPSA) is 43.8 Å². The quantitative estimate of drug-likeness (QED) is 0.612. The molecule has 1 amide bonds. The Morgan fingerprint density at radius 3 is 2.24 bits per heavy atom. The SMILES string of the molecule is O=C(c1cccc(F)c1)N1CCCCN2[C@H](CO)[C@H](c3ccc(-c4ccc(F)cc4)cc3)[C@@H]2C1. The van der Waals surface area contributed by atoms with E-state index in [4.69, 9.17) is 0 Å². The van der Waals surface area contributed by atoms with Gasteiger partial charge in [0.15, 0.2) is 0 Å². The zero-order valence-electron chi connectivity index (χ0n) is 18.9. The Labute approximate surface area is 198 Å². The standard InChI is InChI=1S/C28H28F2N2O2/c29-23-12-10-20(11-13-23)19-6-8-21(9-7-19)27-25-17-31(14-1-2-15-32(25)26(27)18-33)28(34)22-4-3-5-24(30)16-22/h3-13,16,25-27,33H,1-2,14-15,17-18H2/t25-,26+,27+/m0/s1. The van der Waals surface area contributed by atoms with Gasteiger partial charge in [-0.25, -0.2) is 8.78 Å². The van der Waals surface area contributed by atoms with E-state index in [9.17, 15) is 18.7 Å². The summed E-state index contributed by atoms with van der Waals surface area (Å²) < 4.78 is 27.0. The average Bonchev–Trinajstić information content (AvgIpc) is 2.83. The number of benzene rings is 3. The molecule has 0 saturated carbocycles. The van der Waals surface area contributed by atoms with Crippen LogP contribution >= 0.6 is 0 Å². The lowest BCUT2D eigenvalue weighted by atomic mass is 9.74. The summed E-state index contributed by atoms with van der Waals surface area (Å²) in [5.74, 6) is -0.739. The van der Waals surface area contributed by atoms with Crippen molar-refractivity contribution in [1.82, 2.24) is 9.80 Å². The molecule has 0 spiro atoms. The van der Waals surface area contributed by atoms with Crippen molar-refractivity contribution >= 4 is 5.91 Å². The summed E-state index contributed by atoms with van der Waals surface area (Å²) in [5.41, 5.74) is 3.43. The molecule has 0 unspecified atom stereocenters. The molecule has 34 heavy (non-hydrogen) atoms. The van der Waals surface area contributed by atoms with E-state index in [-0.39, 0.29) is 36.3 Å². The minimum absolute atomic E-state index is 0.00546. The van der Waals surface area contributed by atoms with Gasteiger partial charge in [0.05, 0.1) is 6.61 Å². The molecule has 0 radical (unpaired) electrons. The van der Waals surface area contributed by atoms with E-state index in [0.29, 0.717) is 18.7 Å². The second kappa shape index (κ2) is 9.65. The number of fused-ring (bicyclic) bond motifs is 1. The van der Waals surface area contributed by atoms with Crippen LogP contribution in [0.5, 0.6) is 0 Å². The Bertz CT molecular complexity index is 1150.